The van der Waals surface area contributed by atoms with Crippen molar-refractivity contribution in [3.05, 3.63) is 72.8 Å². The van der Waals surface area contributed by atoms with Gasteiger partial charge in [0.2, 0.25) is 0 Å². The Kier molecular flexibility index (Phi) is 9.84. The molecule has 3 aromatic carbocycles. The number of rotatable bonds is 8. The van der Waals surface area contributed by atoms with E-state index in [1.807, 2.05) is 0 Å². The fourth-order valence-electron chi connectivity index (χ4n) is 3.58. The predicted molar refractivity (Wildman–Crippen MR) is 126 cm³/mol. The molecule has 0 aromatic heterocycles. The first-order valence-electron chi connectivity index (χ1n) is 11.4. The van der Waals surface area contributed by atoms with Crippen LogP contribution in [0.4, 0.5) is 40.8 Å². The molecule has 4 rings (SSSR count). The first-order chi connectivity index (χ1) is 18.4. The minimum Gasteiger partial charge on any atom is -0.489 e. The lowest BCUT2D eigenvalue weighted by atomic mass is 10.0. The zero-order valence-corrected chi connectivity index (χ0v) is 20.1. The molecule has 0 fully saturated rings. The average molecular weight is 565 g/mol. The van der Waals surface area contributed by atoms with Crippen molar-refractivity contribution in [2.24, 2.45) is 0 Å². The van der Waals surface area contributed by atoms with E-state index in [-0.39, 0.29) is 18.0 Å². The van der Waals surface area contributed by atoms with Crippen molar-refractivity contribution in [3.8, 4) is 28.4 Å². The summed E-state index contributed by atoms with van der Waals surface area (Å²) in [5.74, 6) is -0.130. The summed E-state index contributed by atoms with van der Waals surface area (Å²) in [6.07, 6.45) is -14.1. The molecular formula is C26H23F8NO4. The van der Waals surface area contributed by atoms with Gasteiger partial charge in [-0.05, 0) is 35.9 Å². The van der Waals surface area contributed by atoms with Crippen LogP contribution in [-0.2, 0) is 0 Å². The molecule has 0 amide bonds. The zero-order valence-electron chi connectivity index (χ0n) is 20.1. The zero-order chi connectivity index (χ0) is 28.6. The highest BCUT2D eigenvalue weighted by atomic mass is 19.4. The van der Waals surface area contributed by atoms with Crippen molar-refractivity contribution >= 4 is 5.69 Å². The molecule has 39 heavy (non-hydrogen) atoms. The number of β-amino-alcohol motifs (C(OH)–C–C–N with tert-alkyl or cyclic N) is 1. The third-order valence-electron chi connectivity index (χ3n) is 5.18. The van der Waals surface area contributed by atoms with Gasteiger partial charge in [-0.2, -0.15) is 17.6 Å². The van der Waals surface area contributed by atoms with Crippen LogP contribution < -0.4 is 19.1 Å². The number of hydrogen-bond acceptors (Lipinski definition) is 5. The number of benzene rings is 3. The molecule has 0 unspecified atom stereocenters. The molecule has 1 N–H and O–H groups in total. The highest BCUT2D eigenvalue weighted by Crippen LogP contribution is 2.41. The summed E-state index contributed by atoms with van der Waals surface area (Å²) in [6.45, 7) is 0.0449. The molecular weight excluding hydrogens is 542 g/mol. The van der Waals surface area contributed by atoms with E-state index in [1.165, 1.54) is 42.5 Å². The van der Waals surface area contributed by atoms with E-state index < -0.39 is 31.7 Å². The molecule has 1 atom stereocenters. The quantitative estimate of drug-likeness (QED) is 0.308. The van der Waals surface area contributed by atoms with Crippen LogP contribution in [0.5, 0.6) is 17.2 Å². The molecule has 1 aliphatic rings. The van der Waals surface area contributed by atoms with E-state index in [4.69, 9.17) is 4.74 Å². The number of alkyl halides is 8. The van der Waals surface area contributed by atoms with Crippen LogP contribution in [0.25, 0.3) is 11.1 Å². The lowest BCUT2D eigenvalue weighted by Gasteiger charge is -2.33. The van der Waals surface area contributed by atoms with Gasteiger partial charge in [0.1, 0.15) is 24.8 Å². The Bertz CT molecular complexity index is 1190. The topological polar surface area (TPSA) is 51.2 Å². The molecule has 0 saturated carbocycles. The predicted octanol–water partition coefficient (Wildman–Crippen LogP) is 6.70. The fraction of sp³-hybridized carbons (Fsp3) is 0.308. The van der Waals surface area contributed by atoms with E-state index >= 15 is 0 Å². The van der Waals surface area contributed by atoms with E-state index in [1.54, 1.807) is 35.2 Å². The average Bonchev–Trinajstić information content (AvgIpc) is 2.88. The monoisotopic (exact) mass is 565 g/mol. The molecule has 0 spiro atoms. The molecule has 3 aromatic rings. The van der Waals surface area contributed by atoms with Crippen molar-refractivity contribution in [2.45, 2.75) is 25.0 Å². The summed E-state index contributed by atoms with van der Waals surface area (Å²) in [5, 5.41) is 9.59. The van der Waals surface area contributed by atoms with E-state index in [2.05, 4.69) is 9.47 Å². The van der Waals surface area contributed by atoms with Crippen LogP contribution >= 0.6 is 0 Å². The van der Waals surface area contributed by atoms with Gasteiger partial charge >= 0.3 is 18.9 Å². The molecule has 13 heteroatoms. The van der Waals surface area contributed by atoms with Crippen LogP contribution in [0.3, 0.4) is 0 Å². The highest BCUT2D eigenvalue weighted by Gasteiger charge is 2.43. The maximum atomic E-state index is 12.6. The third kappa shape index (κ3) is 8.63. The number of nitrogens with zero attached hydrogens (tertiary/aromatic N) is 1. The standard InChI is InChI=1S/C18H17F4NO3.C8H6F4O/c19-10-13(24)11-23-7-8-25-17-15(5-2-6-16(17)23)12-3-1-4-14(9-12)26-18(20,21)22;9-7(10)8(11,12)13-6-4-2-1-3-5-6/h1-6,9,13,24H,7-8,10-11H2;1-5,7H/t13-;/m1./s1. The molecule has 0 radical (unpaired) electrons. The number of para-hydroxylation sites is 2. The normalized spacial score (nSPS) is 14.1. The second-order valence-electron chi connectivity index (χ2n) is 8.11. The Labute approximate surface area is 218 Å². The molecule has 5 nitrogen and oxygen atoms in total. The van der Waals surface area contributed by atoms with Crippen LogP contribution in [0.15, 0.2) is 72.8 Å². The van der Waals surface area contributed by atoms with Gasteiger partial charge in [-0.3, -0.25) is 0 Å². The fourth-order valence-corrected chi connectivity index (χ4v) is 3.58. The van der Waals surface area contributed by atoms with Gasteiger partial charge in [-0.15, -0.1) is 13.2 Å². The summed E-state index contributed by atoms with van der Waals surface area (Å²) in [5.41, 5.74) is 1.74. The van der Waals surface area contributed by atoms with E-state index in [0.29, 0.717) is 35.7 Å². The van der Waals surface area contributed by atoms with Crippen LogP contribution in [-0.4, -0.2) is 56.5 Å². The maximum absolute atomic E-state index is 12.6. The first-order valence-corrected chi connectivity index (χ1v) is 11.4. The van der Waals surface area contributed by atoms with Gasteiger partial charge in [-0.25, -0.2) is 4.39 Å². The summed E-state index contributed by atoms with van der Waals surface area (Å²) >= 11 is 0. The molecule has 0 saturated heterocycles. The van der Waals surface area contributed by atoms with Gasteiger partial charge in [0, 0.05) is 12.1 Å². The lowest BCUT2D eigenvalue weighted by molar-refractivity contribution is -0.274. The third-order valence-corrected chi connectivity index (χ3v) is 5.18. The van der Waals surface area contributed by atoms with Crippen molar-refractivity contribution < 1.29 is 54.4 Å². The summed E-state index contributed by atoms with van der Waals surface area (Å²) in [6, 6.07) is 17.6. The molecule has 1 aliphatic heterocycles. The van der Waals surface area contributed by atoms with E-state index in [9.17, 15) is 40.2 Å². The van der Waals surface area contributed by atoms with Crippen molar-refractivity contribution in [2.75, 3.05) is 31.3 Å². The highest BCUT2D eigenvalue weighted by molar-refractivity contribution is 5.80. The minimum atomic E-state index is -4.77. The van der Waals surface area contributed by atoms with Gasteiger partial charge in [-0.1, -0.05) is 42.5 Å². The van der Waals surface area contributed by atoms with Gasteiger partial charge in [0.05, 0.1) is 18.3 Å². The van der Waals surface area contributed by atoms with Crippen molar-refractivity contribution in [1.29, 1.82) is 0 Å². The number of ether oxygens (including phenoxy) is 3. The van der Waals surface area contributed by atoms with Crippen LogP contribution in [0.1, 0.15) is 0 Å². The SMILES string of the molecule is FC(F)C(F)(F)Oc1ccccc1.O[C@H](CF)CN1CCOc2c(-c3cccc(OC(F)(F)F)c3)cccc21. The molecule has 1 heterocycles. The van der Waals surface area contributed by atoms with Gasteiger partial charge < -0.3 is 24.2 Å². The molecule has 0 aliphatic carbocycles. The van der Waals surface area contributed by atoms with Crippen LogP contribution in [0, 0.1) is 0 Å². The Balaban J connectivity index is 0.000000272. The summed E-state index contributed by atoms with van der Waals surface area (Å²) < 4.78 is 111. The summed E-state index contributed by atoms with van der Waals surface area (Å²) in [4.78, 5) is 1.79. The smallest absolute Gasteiger partial charge is 0.489 e. The van der Waals surface area contributed by atoms with Crippen molar-refractivity contribution in [1.82, 2.24) is 0 Å². The van der Waals surface area contributed by atoms with Gasteiger partial charge in [0.25, 0.3) is 0 Å². The van der Waals surface area contributed by atoms with Crippen LogP contribution in [0.2, 0.25) is 0 Å². The largest absolute Gasteiger partial charge is 0.573 e. The van der Waals surface area contributed by atoms with E-state index in [0.717, 1.165) is 0 Å². The number of anilines is 1. The van der Waals surface area contributed by atoms with Crippen molar-refractivity contribution in [3.63, 3.8) is 0 Å². The second-order valence-corrected chi connectivity index (χ2v) is 8.11. The number of aliphatic hydroxyl groups excluding tert-OH is 1. The number of hydrogen-bond donors (Lipinski definition) is 1. The Morgan fingerprint density at radius 3 is 2.18 bits per heavy atom. The maximum Gasteiger partial charge on any atom is 0.573 e. The molecule has 212 valence electrons. The second kappa shape index (κ2) is 12.9. The first kappa shape index (κ1) is 29.8. The number of fused-ring (bicyclic) bond motifs is 1. The van der Waals surface area contributed by atoms with Gasteiger partial charge in [0.15, 0.2) is 5.75 Å². The Morgan fingerprint density at radius 1 is 0.872 bits per heavy atom. The number of halogens is 8. The Hall–Kier alpha value is -3.74. The molecule has 0 bridgehead atoms. The lowest BCUT2D eigenvalue weighted by Crippen LogP contribution is -2.39. The summed E-state index contributed by atoms with van der Waals surface area (Å²) in [7, 11) is 0. The minimum absolute atomic E-state index is 0.105. The number of aliphatic hydroxyl groups is 1. The Morgan fingerprint density at radius 2 is 1.54 bits per heavy atom.